The number of carbonyl (C=O) groups is 2. The maximum absolute atomic E-state index is 12.1. The van der Waals surface area contributed by atoms with Gasteiger partial charge >= 0.3 is 11.9 Å². The Morgan fingerprint density at radius 2 is 1.82 bits per heavy atom. The molecule has 1 aromatic rings. The third-order valence-electron chi connectivity index (χ3n) is 3.69. The maximum atomic E-state index is 12.1. The molecule has 1 aliphatic rings. The molecule has 4 nitrogen and oxygen atoms in total. The molecular weight excluding hydrogens is 327 g/mol. The predicted molar refractivity (Wildman–Crippen MR) is 83.9 cm³/mol. The van der Waals surface area contributed by atoms with Crippen LogP contribution in [0, 0.1) is 0 Å². The lowest BCUT2D eigenvalue weighted by Gasteiger charge is -2.41. The highest BCUT2D eigenvalue weighted by Crippen LogP contribution is 2.46. The highest BCUT2D eigenvalue weighted by molar-refractivity contribution is 6.34. The molecule has 0 amide bonds. The Bertz CT molecular complexity index is 600. The highest BCUT2D eigenvalue weighted by atomic mass is 35.5. The first kappa shape index (κ1) is 16.8. The third kappa shape index (κ3) is 3.62. The van der Waals surface area contributed by atoms with E-state index in [0.717, 1.165) is 12.0 Å². The van der Waals surface area contributed by atoms with Crippen molar-refractivity contribution in [3.8, 4) is 0 Å². The van der Waals surface area contributed by atoms with Gasteiger partial charge in [-0.15, -0.1) is 0 Å². The second-order valence-corrected chi connectivity index (χ2v) is 6.12. The predicted octanol–water partition coefficient (Wildman–Crippen LogP) is 4.04. The van der Waals surface area contributed by atoms with Crippen molar-refractivity contribution in [1.29, 1.82) is 0 Å². The van der Waals surface area contributed by atoms with Crippen LogP contribution in [0.15, 0.2) is 30.4 Å². The first-order chi connectivity index (χ1) is 10.4. The highest BCUT2D eigenvalue weighted by Gasteiger charge is 2.43. The zero-order valence-corrected chi connectivity index (χ0v) is 13.7. The van der Waals surface area contributed by atoms with Crippen LogP contribution in [0.4, 0.5) is 0 Å². The van der Waals surface area contributed by atoms with Gasteiger partial charge in [0, 0.05) is 15.6 Å². The monoisotopic (exact) mass is 342 g/mol. The first-order valence-electron chi connectivity index (χ1n) is 6.81. The summed E-state index contributed by atoms with van der Waals surface area (Å²) < 4.78 is 10.1. The molecule has 0 aliphatic heterocycles. The van der Waals surface area contributed by atoms with E-state index in [1.807, 2.05) is 0 Å². The fraction of sp³-hybridized carbons (Fsp3) is 0.375. The van der Waals surface area contributed by atoms with Crippen LogP contribution < -0.4 is 0 Å². The number of halogens is 2. The molecule has 2 rings (SSSR count). The maximum Gasteiger partial charge on any atom is 0.333 e. The Kier molecular flexibility index (Phi) is 5.14. The van der Waals surface area contributed by atoms with Crippen molar-refractivity contribution >= 4 is 35.1 Å². The minimum atomic E-state index is -0.720. The number of benzene rings is 1. The summed E-state index contributed by atoms with van der Waals surface area (Å²) in [6, 6.07) is 5.11. The zero-order valence-electron chi connectivity index (χ0n) is 12.2. The summed E-state index contributed by atoms with van der Waals surface area (Å²) in [6.45, 7) is 3.52. The van der Waals surface area contributed by atoms with Crippen LogP contribution in [0.25, 0.3) is 0 Å². The molecule has 0 N–H and O–H groups in total. The number of rotatable bonds is 5. The van der Waals surface area contributed by atoms with Crippen molar-refractivity contribution in [2.45, 2.75) is 31.3 Å². The second kappa shape index (κ2) is 6.71. The van der Waals surface area contributed by atoms with Crippen LogP contribution in [-0.2, 0) is 24.7 Å². The van der Waals surface area contributed by atoms with Gasteiger partial charge in [0.1, 0.15) is 5.60 Å². The van der Waals surface area contributed by atoms with Gasteiger partial charge in [-0.1, -0.05) is 29.8 Å². The lowest BCUT2D eigenvalue weighted by molar-refractivity contribution is -0.171. The molecule has 0 heterocycles. The van der Waals surface area contributed by atoms with Crippen molar-refractivity contribution in [2.24, 2.45) is 0 Å². The smallest absolute Gasteiger partial charge is 0.333 e. The van der Waals surface area contributed by atoms with Gasteiger partial charge in [-0.05, 0) is 43.0 Å². The molecule has 0 unspecified atom stereocenters. The third-order valence-corrected chi connectivity index (χ3v) is 4.13. The van der Waals surface area contributed by atoms with Gasteiger partial charge in [0.15, 0.2) is 0 Å². The van der Waals surface area contributed by atoms with Gasteiger partial charge in [-0.25, -0.2) is 4.79 Å². The minimum absolute atomic E-state index is 0.0612. The molecular formula is C16H16Cl2O4. The quantitative estimate of drug-likeness (QED) is 0.598. The summed E-state index contributed by atoms with van der Waals surface area (Å²) in [5.41, 5.74) is 0.113. The van der Waals surface area contributed by atoms with E-state index >= 15 is 0 Å². The largest absolute Gasteiger partial charge is 0.466 e. The van der Waals surface area contributed by atoms with E-state index in [2.05, 4.69) is 11.3 Å². The fourth-order valence-corrected chi connectivity index (χ4v) is 2.94. The Balaban J connectivity index is 2.13. The van der Waals surface area contributed by atoms with Crippen LogP contribution in [0.5, 0.6) is 0 Å². The van der Waals surface area contributed by atoms with Crippen molar-refractivity contribution in [1.82, 2.24) is 0 Å². The number of ether oxygens (including phenoxy) is 2. The molecule has 0 atom stereocenters. The fourth-order valence-electron chi connectivity index (χ4n) is 2.41. The summed E-state index contributed by atoms with van der Waals surface area (Å²) >= 11 is 12.0. The minimum Gasteiger partial charge on any atom is -0.466 e. The Hall–Kier alpha value is -1.52. The van der Waals surface area contributed by atoms with Gasteiger partial charge in [-0.2, -0.15) is 0 Å². The van der Waals surface area contributed by atoms with E-state index in [-0.39, 0.29) is 12.0 Å². The number of carbonyl (C=O) groups excluding carboxylic acids is 2. The Morgan fingerprint density at radius 3 is 2.27 bits per heavy atom. The average Bonchev–Trinajstić information content (AvgIpc) is 2.40. The van der Waals surface area contributed by atoms with E-state index in [1.165, 1.54) is 7.11 Å². The van der Waals surface area contributed by atoms with E-state index < -0.39 is 17.5 Å². The summed E-state index contributed by atoms with van der Waals surface area (Å²) in [7, 11) is 1.24. The van der Waals surface area contributed by atoms with Crippen molar-refractivity contribution in [3.05, 3.63) is 46.0 Å². The zero-order chi connectivity index (χ0) is 16.3. The van der Waals surface area contributed by atoms with E-state index in [0.29, 0.717) is 22.9 Å². The molecule has 0 aromatic heterocycles. The Labute approximate surface area is 139 Å². The molecule has 1 saturated carbocycles. The second-order valence-electron chi connectivity index (χ2n) is 5.25. The number of hydrogen-bond donors (Lipinski definition) is 0. The van der Waals surface area contributed by atoms with Crippen molar-refractivity contribution < 1.29 is 19.1 Å². The van der Waals surface area contributed by atoms with Gasteiger partial charge in [0.2, 0.25) is 0 Å². The van der Waals surface area contributed by atoms with E-state index in [1.54, 1.807) is 18.2 Å². The Morgan fingerprint density at radius 1 is 1.23 bits per heavy atom. The average molecular weight is 343 g/mol. The van der Waals surface area contributed by atoms with Gasteiger partial charge in [0.25, 0.3) is 0 Å². The van der Waals surface area contributed by atoms with Crippen LogP contribution in [0.2, 0.25) is 10.0 Å². The first-order valence-corrected chi connectivity index (χ1v) is 7.56. The molecule has 0 radical (unpaired) electrons. The van der Waals surface area contributed by atoms with E-state index in [9.17, 15) is 9.59 Å². The summed E-state index contributed by atoms with van der Waals surface area (Å²) in [5, 5.41) is 0.979. The number of hydrogen-bond acceptors (Lipinski definition) is 4. The topological polar surface area (TPSA) is 52.6 Å². The summed E-state index contributed by atoms with van der Waals surface area (Å²) in [5.74, 6) is -1.14. The van der Waals surface area contributed by atoms with Crippen LogP contribution >= 0.6 is 23.2 Å². The molecule has 118 valence electrons. The summed E-state index contributed by atoms with van der Waals surface area (Å²) in [6.07, 6.45) is 2.12. The van der Waals surface area contributed by atoms with Gasteiger partial charge in [-0.3, -0.25) is 4.79 Å². The van der Waals surface area contributed by atoms with Gasteiger partial charge in [0.05, 0.1) is 13.5 Å². The van der Waals surface area contributed by atoms with Crippen LogP contribution in [0.3, 0.4) is 0 Å². The molecule has 1 aliphatic carbocycles. The molecule has 6 heteroatoms. The van der Waals surface area contributed by atoms with Gasteiger partial charge < -0.3 is 9.47 Å². The van der Waals surface area contributed by atoms with Crippen molar-refractivity contribution in [2.75, 3.05) is 7.11 Å². The standard InChI is InChI=1S/C16H16Cl2O4/c1-10(15(20)21-2)6-14(19)22-16(4-3-5-16)11-7-12(17)9-13(18)8-11/h7-9H,1,3-6H2,2H3. The molecule has 0 saturated heterocycles. The lowest BCUT2D eigenvalue weighted by atomic mass is 9.75. The molecule has 0 bridgehead atoms. The molecule has 0 spiro atoms. The van der Waals surface area contributed by atoms with E-state index in [4.69, 9.17) is 27.9 Å². The SMILES string of the molecule is C=C(CC(=O)OC1(c2cc(Cl)cc(Cl)c2)CCC1)C(=O)OC. The number of methoxy groups -OCH3 is 1. The molecule has 22 heavy (non-hydrogen) atoms. The summed E-state index contributed by atoms with van der Waals surface area (Å²) in [4.78, 5) is 23.4. The number of esters is 2. The van der Waals surface area contributed by atoms with Crippen LogP contribution in [-0.4, -0.2) is 19.0 Å². The molecule has 1 fully saturated rings. The van der Waals surface area contributed by atoms with Crippen molar-refractivity contribution in [3.63, 3.8) is 0 Å². The molecule has 1 aromatic carbocycles. The normalized spacial score (nSPS) is 15.6. The lowest BCUT2D eigenvalue weighted by Crippen LogP contribution is -2.39. The van der Waals surface area contributed by atoms with Crippen LogP contribution in [0.1, 0.15) is 31.2 Å².